The Kier molecular flexibility index (Phi) is 5.12. The second-order valence-electron chi connectivity index (χ2n) is 4.84. The van der Waals surface area contributed by atoms with Crippen molar-refractivity contribution < 1.29 is 14.0 Å². The van der Waals surface area contributed by atoms with Crippen LogP contribution in [-0.2, 0) is 4.79 Å². The van der Waals surface area contributed by atoms with Gasteiger partial charge in [0.15, 0.2) is 4.32 Å². The highest BCUT2D eigenvalue weighted by Gasteiger charge is 2.34. The molecule has 2 aromatic rings. The van der Waals surface area contributed by atoms with Crippen LogP contribution in [0.15, 0.2) is 47.6 Å². The summed E-state index contributed by atoms with van der Waals surface area (Å²) in [7, 11) is 0. The van der Waals surface area contributed by atoms with Crippen LogP contribution in [0.25, 0.3) is 6.08 Å². The van der Waals surface area contributed by atoms with E-state index in [4.69, 9.17) is 23.8 Å². The van der Waals surface area contributed by atoms with E-state index in [1.807, 2.05) is 0 Å². The molecule has 1 aromatic carbocycles. The minimum atomic E-state index is -0.563. The van der Waals surface area contributed by atoms with Crippen molar-refractivity contribution in [2.45, 2.75) is 0 Å². The zero-order valence-electron chi connectivity index (χ0n) is 12.4. The fraction of sp³-hybridized carbons (Fsp3) is 0. The molecule has 1 fully saturated rings. The maximum atomic E-state index is 13.9. The fourth-order valence-electron chi connectivity index (χ4n) is 2.01. The van der Waals surface area contributed by atoms with E-state index < -0.39 is 17.6 Å². The highest BCUT2D eigenvalue weighted by Crippen LogP contribution is 2.33. The average molecular weight is 394 g/mol. The van der Waals surface area contributed by atoms with Gasteiger partial charge in [-0.1, -0.05) is 29.4 Å². The van der Waals surface area contributed by atoms with Crippen LogP contribution in [0, 0.1) is 5.82 Å². The topological polar surface area (TPSA) is 62.3 Å². The largest absolute Gasteiger partial charge is 0.285 e. The molecule has 1 aliphatic rings. The Morgan fingerprint density at radius 1 is 1.36 bits per heavy atom. The van der Waals surface area contributed by atoms with E-state index in [1.54, 1.807) is 12.1 Å². The molecule has 5 nitrogen and oxygen atoms in total. The van der Waals surface area contributed by atoms with Crippen LogP contribution < -0.4 is 5.43 Å². The molecule has 2 heterocycles. The van der Waals surface area contributed by atoms with Crippen molar-refractivity contribution in [1.29, 1.82) is 0 Å². The molecule has 3 rings (SSSR count). The molecular formula is C16H9ClFN3O2S2. The van der Waals surface area contributed by atoms with Gasteiger partial charge in [0.25, 0.3) is 11.8 Å². The van der Waals surface area contributed by atoms with Crippen LogP contribution in [-0.4, -0.2) is 26.1 Å². The Labute approximate surface area is 156 Å². The van der Waals surface area contributed by atoms with E-state index in [0.717, 1.165) is 16.8 Å². The third-order valence-electron chi connectivity index (χ3n) is 3.21. The van der Waals surface area contributed by atoms with Crippen LogP contribution in [0.4, 0.5) is 4.39 Å². The lowest BCUT2D eigenvalue weighted by Crippen LogP contribution is -2.44. The molecule has 2 amide bonds. The smallest absolute Gasteiger partial charge is 0.267 e. The van der Waals surface area contributed by atoms with Crippen molar-refractivity contribution in [3.63, 3.8) is 0 Å². The molecule has 0 radical (unpaired) electrons. The number of carbonyl (C=O) groups is 2. The van der Waals surface area contributed by atoms with Gasteiger partial charge in [-0.15, -0.1) is 0 Å². The minimum absolute atomic E-state index is 0.0863. The molecule has 0 atom stereocenters. The maximum Gasteiger partial charge on any atom is 0.285 e. The molecule has 126 valence electrons. The Morgan fingerprint density at radius 2 is 2.16 bits per heavy atom. The predicted octanol–water partition coefficient (Wildman–Crippen LogP) is 3.42. The molecule has 9 heteroatoms. The summed E-state index contributed by atoms with van der Waals surface area (Å²) in [4.78, 5) is 28.6. The summed E-state index contributed by atoms with van der Waals surface area (Å²) in [6.45, 7) is 0. The number of amides is 2. The van der Waals surface area contributed by atoms with Gasteiger partial charge >= 0.3 is 0 Å². The van der Waals surface area contributed by atoms with Crippen molar-refractivity contribution in [2.24, 2.45) is 0 Å². The first-order chi connectivity index (χ1) is 12.0. The predicted molar refractivity (Wildman–Crippen MR) is 98.1 cm³/mol. The molecule has 0 unspecified atom stereocenters. The number of carbonyl (C=O) groups excluding carboxylic acids is 2. The molecule has 0 saturated carbocycles. The molecule has 0 bridgehead atoms. The molecule has 1 saturated heterocycles. The van der Waals surface area contributed by atoms with Crippen LogP contribution in [0.3, 0.4) is 0 Å². The quantitative estimate of drug-likeness (QED) is 0.639. The van der Waals surface area contributed by atoms with Gasteiger partial charge in [0.2, 0.25) is 0 Å². The van der Waals surface area contributed by atoms with Crippen molar-refractivity contribution in [3.8, 4) is 0 Å². The SMILES string of the molecule is O=C(NN1C(=O)/C(=C/c2c(F)cccc2Cl)SC1=S)c1cccnc1. The lowest BCUT2D eigenvalue weighted by Gasteiger charge is -2.15. The first-order valence-electron chi connectivity index (χ1n) is 6.90. The Hall–Kier alpha value is -2.29. The zero-order valence-corrected chi connectivity index (χ0v) is 14.8. The number of aromatic nitrogens is 1. The van der Waals surface area contributed by atoms with Gasteiger partial charge in [0.1, 0.15) is 5.82 Å². The maximum absolute atomic E-state index is 13.9. The average Bonchev–Trinajstić information content (AvgIpc) is 2.86. The van der Waals surface area contributed by atoms with Crippen molar-refractivity contribution >= 4 is 57.8 Å². The second-order valence-corrected chi connectivity index (χ2v) is 6.92. The number of pyridine rings is 1. The Bertz CT molecular complexity index is 885. The summed E-state index contributed by atoms with van der Waals surface area (Å²) in [5, 5.41) is 1.11. The van der Waals surface area contributed by atoms with Crippen LogP contribution in [0.1, 0.15) is 15.9 Å². The lowest BCUT2D eigenvalue weighted by atomic mass is 10.2. The lowest BCUT2D eigenvalue weighted by molar-refractivity contribution is -0.123. The number of nitrogens with one attached hydrogen (secondary N) is 1. The summed E-state index contributed by atoms with van der Waals surface area (Å²) in [5.74, 6) is -1.65. The molecule has 1 N–H and O–H groups in total. The summed E-state index contributed by atoms with van der Waals surface area (Å²) in [6.07, 6.45) is 4.20. The first kappa shape index (κ1) is 17.5. The second kappa shape index (κ2) is 7.30. The summed E-state index contributed by atoms with van der Waals surface area (Å²) < 4.78 is 14.0. The molecule has 0 aliphatic carbocycles. The van der Waals surface area contributed by atoms with Crippen LogP contribution in [0.5, 0.6) is 0 Å². The van der Waals surface area contributed by atoms with E-state index in [0.29, 0.717) is 0 Å². The molecular weight excluding hydrogens is 385 g/mol. The number of thiocarbonyl (C=S) groups is 1. The number of hydrogen-bond acceptors (Lipinski definition) is 5. The molecule has 1 aliphatic heterocycles. The Morgan fingerprint density at radius 3 is 2.84 bits per heavy atom. The van der Waals surface area contributed by atoms with E-state index in [-0.39, 0.29) is 25.4 Å². The summed E-state index contributed by atoms with van der Waals surface area (Å²) >= 11 is 12.0. The number of benzene rings is 1. The van der Waals surface area contributed by atoms with Gasteiger partial charge in [0.05, 0.1) is 15.5 Å². The molecule has 25 heavy (non-hydrogen) atoms. The number of halogens is 2. The summed E-state index contributed by atoms with van der Waals surface area (Å²) in [5.41, 5.74) is 2.78. The van der Waals surface area contributed by atoms with Gasteiger partial charge < -0.3 is 0 Å². The van der Waals surface area contributed by atoms with Gasteiger partial charge in [0, 0.05) is 18.0 Å². The van der Waals surface area contributed by atoms with E-state index >= 15 is 0 Å². The van der Waals surface area contributed by atoms with Gasteiger partial charge in [-0.05, 0) is 42.6 Å². The summed E-state index contributed by atoms with van der Waals surface area (Å²) in [6, 6.07) is 7.37. The van der Waals surface area contributed by atoms with E-state index in [9.17, 15) is 14.0 Å². The normalized spacial score (nSPS) is 15.8. The van der Waals surface area contributed by atoms with Gasteiger partial charge in [-0.2, -0.15) is 5.01 Å². The third-order valence-corrected chi connectivity index (χ3v) is 4.84. The minimum Gasteiger partial charge on any atom is -0.267 e. The van der Waals surface area contributed by atoms with E-state index in [2.05, 4.69) is 10.4 Å². The van der Waals surface area contributed by atoms with Crippen LogP contribution in [0.2, 0.25) is 5.02 Å². The van der Waals surface area contributed by atoms with Crippen molar-refractivity contribution in [1.82, 2.24) is 15.4 Å². The highest BCUT2D eigenvalue weighted by atomic mass is 35.5. The first-order valence-corrected chi connectivity index (χ1v) is 8.50. The van der Waals surface area contributed by atoms with E-state index in [1.165, 1.54) is 36.7 Å². The standard InChI is InChI=1S/C16H9ClFN3O2S2/c17-11-4-1-5-12(18)10(11)7-13-15(23)21(16(24)25-13)20-14(22)9-3-2-6-19-8-9/h1-8H,(H,20,22)/b13-7-. The molecule has 0 spiro atoms. The fourth-order valence-corrected chi connectivity index (χ4v) is 3.39. The number of hydrazine groups is 1. The highest BCUT2D eigenvalue weighted by molar-refractivity contribution is 8.26. The third kappa shape index (κ3) is 3.71. The van der Waals surface area contributed by atoms with Gasteiger partial charge in [-0.25, -0.2) is 4.39 Å². The van der Waals surface area contributed by atoms with Crippen molar-refractivity contribution in [2.75, 3.05) is 0 Å². The molecule has 1 aromatic heterocycles. The van der Waals surface area contributed by atoms with Crippen molar-refractivity contribution in [3.05, 3.63) is 69.6 Å². The number of thioether (sulfide) groups is 1. The van der Waals surface area contributed by atoms with Gasteiger partial charge in [-0.3, -0.25) is 20.0 Å². The van der Waals surface area contributed by atoms with Crippen LogP contribution >= 0.6 is 35.6 Å². The number of hydrogen-bond donors (Lipinski definition) is 1. The Balaban J connectivity index is 1.83. The zero-order chi connectivity index (χ0) is 18.0. The number of rotatable bonds is 3. The number of nitrogens with zero attached hydrogens (tertiary/aromatic N) is 2. The monoisotopic (exact) mass is 393 g/mol.